The summed E-state index contributed by atoms with van der Waals surface area (Å²) in [5.74, 6) is 0. The van der Waals surface area contributed by atoms with Gasteiger partial charge in [-0.1, -0.05) is 6.07 Å². The van der Waals surface area contributed by atoms with Crippen molar-refractivity contribution < 1.29 is 22.7 Å². The Morgan fingerprint density at radius 1 is 1.35 bits per heavy atom. The van der Waals surface area contributed by atoms with Crippen molar-refractivity contribution in [2.75, 3.05) is 13.7 Å². The standard InChI is InChI=1S/C16H16F3NO2S/c1-22-15(21)20-7-3-2-4-13(20)12-9-23-14-8-10(16(17,18)19)5-6-11(12)14/h5-6,8-9,13H,2-4,7H2,1H3. The third kappa shape index (κ3) is 3.02. The number of likely N-dealkylation sites (tertiary alicyclic amines) is 1. The molecule has 0 saturated carbocycles. The summed E-state index contributed by atoms with van der Waals surface area (Å²) < 4.78 is 43.9. The zero-order valence-electron chi connectivity index (χ0n) is 12.5. The first-order valence-electron chi connectivity index (χ1n) is 7.34. The summed E-state index contributed by atoms with van der Waals surface area (Å²) in [6.07, 6.45) is -2.05. The minimum absolute atomic E-state index is 0.137. The van der Waals surface area contributed by atoms with Gasteiger partial charge in [0.2, 0.25) is 0 Å². The number of alkyl halides is 3. The van der Waals surface area contributed by atoms with Crippen molar-refractivity contribution >= 4 is 27.5 Å². The monoisotopic (exact) mass is 343 g/mol. The fourth-order valence-electron chi connectivity index (χ4n) is 3.07. The number of carbonyl (C=O) groups is 1. The number of thiophene rings is 1. The molecule has 3 rings (SSSR count). The van der Waals surface area contributed by atoms with Crippen LogP contribution in [0.1, 0.15) is 36.4 Å². The number of rotatable bonds is 1. The molecule has 1 aliphatic heterocycles. The van der Waals surface area contributed by atoms with Gasteiger partial charge >= 0.3 is 12.3 Å². The van der Waals surface area contributed by atoms with E-state index in [0.717, 1.165) is 36.3 Å². The lowest BCUT2D eigenvalue weighted by Gasteiger charge is -2.34. The molecule has 0 aliphatic carbocycles. The number of benzene rings is 1. The van der Waals surface area contributed by atoms with Crippen molar-refractivity contribution in [3.8, 4) is 0 Å². The van der Waals surface area contributed by atoms with Gasteiger partial charge in [-0.2, -0.15) is 13.2 Å². The average Bonchev–Trinajstić information content (AvgIpc) is 2.96. The number of carbonyl (C=O) groups excluding carboxylic acids is 1. The molecule has 0 N–H and O–H groups in total. The molecular weight excluding hydrogens is 327 g/mol. The highest BCUT2D eigenvalue weighted by atomic mass is 32.1. The fourth-order valence-corrected chi connectivity index (χ4v) is 4.12. The molecule has 0 bridgehead atoms. The third-order valence-corrected chi connectivity index (χ3v) is 5.17. The summed E-state index contributed by atoms with van der Waals surface area (Å²) in [6, 6.07) is 3.65. The Morgan fingerprint density at radius 2 is 2.13 bits per heavy atom. The van der Waals surface area contributed by atoms with Gasteiger partial charge in [-0.05, 0) is 47.7 Å². The molecule has 2 aromatic rings. The van der Waals surface area contributed by atoms with Crippen LogP contribution >= 0.6 is 11.3 Å². The molecule has 1 aliphatic rings. The molecule has 0 spiro atoms. The molecule has 1 fully saturated rings. The zero-order valence-corrected chi connectivity index (χ0v) is 13.3. The number of halogens is 3. The first-order chi connectivity index (χ1) is 10.9. The molecular formula is C16H16F3NO2S. The van der Waals surface area contributed by atoms with Crippen molar-refractivity contribution in [3.63, 3.8) is 0 Å². The summed E-state index contributed by atoms with van der Waals surface area (Å²) in [7, 11) is 1.34. The largest absolute Gasteiger partial charge is 0.453 e. The van der Waals surface area contributed by atoms with Crippen LogP contribution in [0.2, 0.25) is 0 Å². The van der Waals surface area contributed by atoms with Crippen molar-refractivity contribution in [1.82, 2.24) is 4.90 Å². The van der Waals surface area contributed by atoms with Crippen LogP contribution in [0.5, 0.6) is 0 Å². The van der Waals surface area contributed by atoms with E-state index >= 15 is 0 Å². The van der Waals surface area contributed by atoms with Gasteiger partial charge < -0.3 is 9.64 Å². The molecule has 1 aromatic heterocycles. The highest BCUT2D eigenvalue weighted by Gasteiger charge is 2.33. The van der Waals surface area contributed by atoms with Gasteiger partial charge in [0.15, 0.2) is 0 Å². The molecule has 2 heterocycles. The fraction of sp³-hybridized carbons (Fsp3) is 0.438. The number of hydrogen-bond acceptors (Lipinski definition) is 3. The Bertz CT molecular complexity index is 726. The van der Waals surface area contributed by atoms with Crippen LogP contribution in [0.25, 0.3) is 10.1 Å². The van der Waals surface area contributed by atoms with Gasteiger partial charge in [0.1, 0.15) is 0 Å². The normalized spacial score (nSPS) is 19.1. The second-order valence-corrected chi connectivity index (χ2v) is 6.49. The van der Waals surface area contributed by atoms with Crippen LogP contribution in [0.4, 0.5) is 18.0 Å². The van der Waals surface area contributed by atoms with E-state index < -0.39 is 11.7 Å². The Balaban J connectivity index is 2.00. The van der Waals surface area contributed by atoms with Crippen molar-refractivity contribution in [2.24, 2.45) is 0 Å². The number of piperidine rings is 1. The minimum atomic E-state index is -4.35. The van der Waals surface area contributed by atoms with Gasteiger partial charge in [0.25, 0.3) is 0 Å². The van der Waals surface area contributed by atoms with Crippen LogP contribution in [-0.2, 0) is 10.9 Å². The number of ether oxygens (including phenoxy) is 1. The van der Waals surface area contributed by atoms with E-state index in [2.05, 4.69) is 0 Å². The maximum absolute atomic E-state index is 12.8. The molecule has 1 aromatic carbocycles. The molecule has 1 amide bonds. The molecule has 3 nitrogen and oxygen atoms in total. The average molecular weight is 343 g/mol. The number of fused-ring (bicyclic) bond motifs is 1. The quantitative estimate of drug-likeness (QED) is 0.711. The van der Waals surface area contributed by atoms with E-state index in [-0.39, 0.29) is 12.1 Å². The second kappa shape index (κ2) is 6.03. The first-order valence-corrected chi connectivity index (χ1v) is 8.22. The maximum atomic E-state index is 12.8. The lowest BCUT2D eigenvalue weighted by atomic mass is 9.95. The Hall–Kier alpha value is -1.76. The zero-order chi connectivity index (χ0) is 16.6. The summed E-state index contributed by atoms with van der Waals surface area (Å²) in [4.78, 5) is 13.6. The van der Waals surface area contributed by atoms with Crippen molar-refractivity contribution in [2.45, 2.75) is 31.5 Å². The van der Waals surface area contributed by atoms with Crippen molar-refractivity contribution in [3.05, 3.63) is 34.7 Å². The van der Waals surface area contributed by atoms with Crippen LogP contribution in [-0.4, -0.2) is 24.6 Å². The molecule has 0 radical (unpaired) electrons. The molecule has 124 valence electrons. The Morgan fingerprint density at radius 3 is 2.83 bits per heavy atom. The summed E-state index contributed by atoms with van der Waals surface area (Å²) in [5, 5.41) is 2.64. The Labute approximate surface area is 135 Å². The smallest absolute Gasteiger partial charge is 0.416 e. The number of nitrogens with zero attached hydrogens (tertiary/aromatic N) is 1. The number of methoxy groups -OCH3 is 1. The van der Waals surface area contributed by atoms with Gasteiger partial charge in [0.05, 0.1) is 18.7 Å². The summed E-state index contributed by atoms with van der Waals surface area (Å²) in [5.41, 5.74) is 0.260. The van der Waals surface area contributed by atoms with Crippen LogP contribution in [0, 0.1) is 0 Å². The molecule has 1 atom stereocenters. The number of hydrogen-bond donors (Lipinski definition) is 0. The van der Waals surface area contributed by atoms with Crippen molar-refractivity contribution in [1.29, 1.82) is 0 Å². The van der Waals surface area contributed by atoms with Crippen LogP contribution in [0.3, 0.4) is 0 Å². The first kappa shape index (κ1) is 16.1. The topological polar surface area (TPSA) is 29.5 Å². The van der Waals surface area contributed by atoms with E-state index in [1.165, 1.54) is 30.6 Å². The Kier molecular flexibility index (Phi) is 4.23. The third-order valence-electron chi connectivity index (χ3n) is 4.20. The van der Waals surface area contributed by atoms with E-state index in [1.54, 1.807) is 4.90 Å². The summed E-state index contributed by atoms with van der Waals surface area (Å²) >= 11 is 1.28. The molecule has 23 heavy (non-hydrogen) atoms. The van der Waals surface area contributed by atoms with Gasteiger partial charge in [0, 0.05) is 11.2 Å². The SMILES string of the molecule is COC(=O)N1CCCCC1c1csc2cc(C(F)(F)F)ccc12. The molecule has 1 saturated heterocycles. The summed E-state index contributed by atoms with van der Waals surface area (Å²) in [6.45, 7) is 0.606. The van der Waals surface area contributed by atoms with Gasteiger partial charge in [-0.15, -0.1) is 11.3 Å². The predicted octanol–water partition coefficient (Wildman–Crippen LogP) is 5.21. The number of amides is 1. The highest BCUT2D eigenvalue weighted by molar-refractivity contribution is 7.17. The van der Waals surface area contributed by atoms with E-state index in [4.69, 9.17) is 4.74 Å². The maximum Gasteiger partial charge on any atom is 0.416 e. The van der Waals surface area contributed by atoms with Gasteiger partial charge in [-0.25, -0.2) is 4.79 Å². The predicted molar refractivity (Wildman–Crippen MR) is 82.5 cm³/mol. The minimum Gasteiger partial charge on any atom is -0.453 e. The van der Waals surface area contributed by atoms with Gasteiger partial charge in [-0.3, -0.25) is 0 Å². The van der Waals surface area contributed by atoms with Crippen LogP contribution in [0.15, 0.2) is 23.6 Å². The lowest BCUT2D eigenvalue weighted by molar-refractivity contribution is -0.137. The van der Waals surface area contributed by atoms with Crippen LogP contribution < -0.4 is 0 Å². The van der Waals surface area contributed by atoms with E-state index in [1.807, 2.05) is 5.38 Å². The highest BCUT2D eigenvalue weighted by Crippen LogP contribution is 2.40. The second-order valence-electron chi connectivity index (χ2n) is 5.57. The van der Waals surface area contributed by atoms with E-state index in [0.29, 0.717) is 11.2 Å². The molecule has 1 unspecified atom stereocenters. The molecule has 7 heteroatoms. The van der Waals surface area contributed by atoms with E-state index in [9.17, 15) is 18.0 Å². The lowest BCUT2D eigenvalue weighted by Crippen LogP contribution is -2.38.